The third-order valence-electron chi connectivity index (χ3n) is 4.67. The first-order valence-corrected chi connectivity index (χ1v) is 8.28. The van der Waals surface area contributed by atoms with Crippen LogP contribution in [0.25, 0.3) is 0 Å². The Labute approximate surface area is 133 Å². The second kappa shape index (κ2) is 6.93. The first-order valence-electron chi connectivity index (χ1n) is 8.28. The maximum Gasteiger partial charge on any atom is 0.126 e. The topological polar surface area (TPSA) is 42.2 Å². The van der Waals surface area contributed by atoms with Gasteiger partial charge in [-0.3, -0.25) is 4.90 Å². The molecule has 0 bridgehead atoms. The van der Waals surface area contributed by atoms with Crippen LogP contribution in [0, 0.1) is 0 Å². The highest BCUT2D eigenvalue weighted by molar-refractivity contribution is 5.40. The number of rotatable bonds is 4. The van der Waals surface area contributed by atoms with Crippen LogP contribution in [0.3, 0.4) is 0 Å². The number of benzene rings is 1. The van der Waals surface area contributed by atoms with Gasteiger partial charge in [0.1, 0.15) is 5.82 Å². The van der Waals surface area contributed by atoms with Crippen molar-refractivity contribution in [2.75, 3.05) is 18.8 Å². The standard InChI is InChI=1S/C19H25N3/c1-2-16-8-9-18(21-19(16)20)17-10-12-22(13-11-17)14-15-6-4-3-5-7-15/h3-9,17H,2,10-14H2,1H3,(H2,20,21). The number of aryl methyl sites for hydroxylation is 1. The normalized spacial score (nSPS) is 16.8. The first-order chi connectivity index (χ1) is 10.8. The summed E-state index contributed by atoms with van der Waals surface area (Å²) in [5.41, 5.74) is 9.78. The van der Waals surface area contributed by atoms with Crippen molar-refractivity contribution < 1.29 is 0 Å². The van der Waals surface area contributed by atoms with Gasteiger partial charge in [-0.15, -0.1) is 0 Å². The van der Waals surface area contributed by atoms with Gasteiger partial charge >= 0.3 is 0 Å². The average Bonchev–Trinajstić information content (AvgIpc) is 2.56. The second-order valence-corrected chi connectivity index (χ2v) is 6.17. The van der Waals surface area contributed by atoms with Gasteiger partial charge in [-0.25, -0.2) is 4.98 Å². The Morgan fingerprint density at radius 1 is 1.09 bits per heavy atom. The number of nitrogen functional groups attached to an aromatic ring is 1. The molecular formula is C19H25N3. The molecule has 1 saturated heterocycles. The van der Waals surface area contributed by atoms with Crippen LogP contribution in [-0.4, -0.2) is 23.0 Å². The van der Waals surface area contributed by atoms with Gasteiger partial charge in [-0.1, -0.05) is 43.3 Å². The van der Waals surface area contributed by atoms with Crippen LogP contribution < -0.4 is 5.73 Å². The molecule has 116 valence electrons. The van der Waals surface area contributed by atoms with E-state index in [1.807, 2.05) is 0 Å². The van der Waals surface area contributed by atoms with Gasteiger partial charge < -0.3 is 5.73 Å². The van der Waals surface area contributed by atoms with Crippen LogP contribution >= 0.6 is 0 Å². The Morgan fingerprint density at radius 3 is 2.45 bits per heavy atom. The molecule has 0 spiro atoms. The van der Waals surface area contributed by atoms with E-state index < -0.39 is 0 Å². The summed E-state index contributed by atoms with van der Waals surface area (Å²) in [5.74, 6) is 1.27. The molecule has 0 amide bonds. The van der Waals surface area contributed by atoms with Crippen LogP contribution in [0.5, 0.6) is 0 Å². The van der Waals surface area contributed by atoms with E-state index in [2.05, 4.69) is 59.3 Å². The van der Waals surface area contributed by atoms with Gasteiger partial charge in [0.05, 0.1) is 0 Å². The molecule has 1 aliphatic rings. The van der Waals surface area contributed by atoms with E-state index in [-0.39, 0.29) is 0 Å². The molecule has 0 saturated carbocycles. The monoisotopic (exact) mass is 295 g/mol. The minimum atomic E-state index is 0.556. The van der Waals surface area contributed by atoms with Crippen molar-refractivity contribution >= 4 is 5.82 Å². The van der Waals surface area contributed by atoms with E-state index in [0.29, 0.717) is 11.7 Å². The Hall–Kier alpha value is -1.87. The number of nitrogens with two attached hydrogens (primary N) is 1. The van der Waals surface area contributed by atoms with Crippen molar-refractivity contribution in [1.82, 2.24) is 9.88 Å². The molecular weight excluding hydrogens is 270 g/mol. The highest BCUT2D eigenvalue weighted by atomic mass is 15.1. The van der Waals surface area contributed by atoms with Gasteiger partial charge in [0.2, 0.25) is 0 Å². The van der Waals surface area contributed by atoms with Crippen LogP contribution in [0.2, 0.25) is 0 Å². The predicted molar refractivity (Wildman–Crippen MR) is 91.7 cm³/mol. The molecule has 3 rings (SSSR count). The number of piperidine rings is 1. The lowest BCUT2D eigenvalue weighted by Crippen LogP contribution is -2.32. The van der Waals surface area contributed by atoms with Crippen LogP contribution in [0.15, 0.2) is 42.5 Å². The zero-order valence-corrected chi connectivity index (χ0v) is 13.3. The molecule has 3 heteroatoms. The Balaban J connectivity index is 1.58. The van der Waals surface area contributed by atoms with E-state index in [9.17, 15) is 0 Å². The van der Waals surface area contributed by atoms with E-state index in [0.717, 1.165) is 31.6 Å². The van der Waals surface area contributed by atoms with Crippen molar-refractivity contribution in [2.45, 2.75) is 38.6 Å². The molecule has 1 aromatic carbocycles. The lowest BCUT2D eigenvalue weighted by atomic mass is 9.92. The van der Waals surface area contributed by atoms with Crippen molar-refractivity contribution in [1.29, 1.82) is 0 Å². The smallest absolute Gasteiger partial charge is 0.126 e. The van der Waals surface area contributed by atoms with Crippen molar-refractivity contribution in [3.8, 4) is 0 Å². The Bertz CT molecular complexity index is 601. The fraction of sp³-hybridized carbons (Fsp3) is 0.421. The van der Waals surface area contributed by atoms with Gasteiger partial charge in [0.25, 0.3) is 0 Å². The minimum absolute atomic E-state index is 0.556. The molecule has 3 nitrogen and oxygen atoms in total. The number of hydrogen-bond acceptors (Lipinski definition) is 3. The van der Waals surface area contributed by atoms with E-state index in [4.69, 9.17) is 5.73 Å². The Kier molecular flexibility index (Phi) is 4.74. The number of nitrogens with zero attached hydrogens (tertiary/aromatic N) is 2. The van der Waals surface area contributed by atoms with E-state index >= 15 is 0 Å². The summed E-state index contributed by atoms with van der Waals surface area (Å²) in [6.45, 7) is 5.44. The molecule has 2 heterocycles. The third kappa shape index (κ3) is 3.47. The number of aromatic nitrogens is 1. The second-order valence-electron chi connectivity index (χ2n) is 6.17. The molecule has 1 aliphatic heterocycles. The Morgan fingerprint density at radius 2 is 1.82 bits per heavy atom. The lowest BCUT2D eigenvalue weighted by Gasteiger charge is -2.31. The molecule has 0 radical (unpaired) electrons. The summed E-state index contributed by atoms with van der Waals surface area (Å²) in [6.07, 6.45) is 3.30. The van der Waals surface area contributed by atoms with E-state index in [1.165, 1.54) is 24.1 Å². The van der Waals surface area contributed by atoms with Crippen LogP contribution in [0.4, 0.5) is 5.82 Å². The van der Waals surface area contributed by atoms with Gasteiger partial charge in [-0.2, -0.15) is 0 Å². The fourth-order valence-corrected chi connectivity index (χ4v) is 3.27. The maximum atomic E-state index is 6.05. The third-order valence-corrected chi connectivity index (χ3v) is 4.67. The van der Waals surface area contributed by atoms with E-state index in [1.54, 1.807) is 0 Å². The fourth-order valence-electron chi connectivity index (χ4n) is 3.27. The summed E-state index contributed by atoms with van der Waals surface area (Å²) in [7, 11) is 0. The summed E-state index contributed by atoms with van der Waals surface area (Å²) in [4.78, 5) is 7.17. The molecule has 1 aromatic heterocycles. The molecule has 0 aliphatic carbocycles. The number of anilines is 1. The lowest BCUT2D eigenvalue weighted by molar-refractivity contribution is 0.203. The summed E-state index contributed by atoms with van der Waals surface area (Å²) in [6, 6.07) is 15.0. The number of hydrogen-bond donors (Lipinski definition) is 1. The predicted octanol–water partition coefficient (Wildman–Crippen LogP) is 3.61. The summed E-state index contributed by atoms with van der Waals surface area (Å²) >= 11 is 0. The summed E-state index contributed by atoms with van der Waals surface area (Å²) in [5, 5.41) is 0. The highest BCUT2D eigenvalue weighted by Gasteiger charge is 2.22. The largest absolute Gasteiger partial charge is 0.383 e. The molecule has 22 heavy (non-hydrogen) atoms. The van der Waals surface area contributed by atoms with Gasteiger partial charge in [-0.05, 0) is 49.5 Å². The highest BCUT2D eigenvalue weighted by Crippen LogP contribution is 2.28. The molecule has 0 atom stereocenters. The van der Waals surface area contributed by atoms with Crippen molar-refractivity contribution in [3.05, 3.63) is 59.3 Å². The number of pyridine rings is 1. The van der Waals surface area contributed by atoms with Crippen molar-refractivity contribution in [2.24, 2.45) is 0 Å². The number of likely N-dealkylation sites (tertiary alicyclic amines) is 1. The van der Waals surface area contributed by atoms with Crippen LogP contribution in [-0.2, 0) is 13.0 Å². The zero-order chi connectivity index (χ0) is 15.4. The minimum Gasteiger partial charge on any atom is -0.383 e. The molecule has 2 aromatic rings. The van der Waals surface area contributed by atoms with Crippen molar-refractivity contribution in [3.63, 3.8) is 0 Å². The average molecular weight is 295 g/mol. The van der Waals surface area contributed by atoms with Crippen LogP contribution in [0.1, 0.15) is 42.5 Å². The quantitative estimate of drug-likeness (QED) is 0.937. The SMILES string of the molecule is CCc1ccc(C2CCN(Cc3ccccc3)CC2)nc1N. The van der Waals surface area contributed by atoms with Gasteiger partial charge in [0.15, 0.2) is 0 Å². The summed E-state index contributed by atoms with van der Waals surface area (Å²) < 4.78 is 0. The first kappa shape index (κ1) is 15.0. The molecule has 1 fully saturated rings. The maximum absolute atomic E-state index is 6.05. The molecule has 0 unspecified atom stereocenters. The molecule has 2 N–H and O–H groups in total. The zero-order valence-electron chi connectivity index (χ0n) is 13.3. The van der Waals surface area contributed by atoms with Gasteiger partial charge in [0, 0.05) is 18.2 Å².